The van der Waals surface area contributed by atoms with E-state index in [-0.39, 0.29) is 12.6 Å². The van der Waals surface area contributed by atoms with E-state index in [2.05, 4.69) is 0 Å². The van der Waals surface area contributed by atoms with Crippen LogP contribution in [0.4, 0.5) is 4.79 Å². The van der Waals surface area contributed by atoms with Gasteiger partial charge in [0.1, 0.15) is 6.04 Å². The van der Waals surface area contributed by atoms with Crippen molar-refractivity contribution in [3.05, 3.63) is 11.6 Å². The summed E-state index contributed by atoms with van der Waals surface area (Å²) in [6.07, 6.45) is 1.60. The molecule has 0 aromatic heterocycles. The first-order chi connectivity index (χ1) is 8.41. The standard InChI is InChI=1S/C10H13N3O5/c1-5-2-6(9(11)16)12-3-7(5)13(10(12)17)18-4-8(14)15/h2,6-7H,3-4H2,1H3,(H2,11,16)(H,14,15)/t6-,7?/m0/s1. The maximum atomic E-state index is 12.0. The summed E-state index contributed by atoms with van der Waals surface area (Å²) in [7, 11) is 0. The quantitative estimate of drug-likeness (QED) is 0.620. The van der Waals surface area contributed by atoms with Crippen LogP contribution in [0.3, 0.4) is 0 Å². The molecule has 3 amide bonds. The summed E-state index contributed by atoms with van der Waals surface area (Å²) < 4.78 is 0. The Morgan fingerprint density at radius 3 is 2.83 bits per heavy atom. The Balaban J connectivity index is 2.20. The zero-order valence-corrected chi connectivity index (χ0v) is 9.70. The maximum absolute atomic E-state index is 12.0. The molecule has 0 aromatic carbocycles. The minimum absolute atomic E-state index is 0.272. The van der Waals surface area contributed by atoms with Crippen molar-refractivity contribution in [2.24, 2.45) is 5.73 Å². The molecule has 0 saturated carbocycles. The largest absolute Gasteiger partial charge is 0.479 e. The molecule has 3 N–H and O–H groups in total. The lowest BCUT2D eigenvalue weighted by molar-refractivity contribution is -0.164. The number of carboxylic acids is 1. The Labute approximate surface area is 103 Å². The molecule has 0 aliphatic carbocycles. The lowest BCUT2D eigenvalue weighted by atomic mass is 10.0. The van der Waals surface area contributed by atoms with Gasteiger partial charge in [-0.25, -0.2) is 9.59 Å². The van der Waals surface area contributed by atoms with E-state index in [0.29, 0.717) is 0 Å². The minimum Gasteiger partial charge on any atom is -0.479 e. The Morgan fingerprint density at radius 2 is 2.28 bits per heavy atom. The first-order valence-corrected chi connectivity index (χ1v) is 5.34. The summed E-state index contributed by atoms with van der Waals surface area (Å²) >= 11 is 0. The van der Waals surface area contributed by atoms with Crippen LogP contribution in [0.2, 0.25) is 0 Å². The Hall–Kier alpha value is -2.09. The predicted octanol–water partition coefficient (Wildman–Crippen LogP) is -1.08. The van der Waals surface area contributed by atoms with Gasteiger partial charge in [0.15, 0.2) is 6.61 Å². The molecule has 1 saturated heterocycles. The lowest BCUT2D eigenvalue weighted by Crippen LogP contribution is -2.46. The fourth-order valence-electron chi connectivity index (χ4n) is 2.12. The molecule has 0 radical (unpaired) electrons. The van der Waals surface area contributed by atoms with Crippen LogP contribution in [-0.4, -0.2) is 58.2 Å². The van der Waals surface area contributed by atoms with Crippen molar-refractivity contribution in [3.63, 3.8) is 0 Å². The number of carbonyl (C=O) groups is 3. The van der Waals surface area contributed by atoms with Gasteiger partial charge >= 0.3 is 12.0 Å². The second kappa shape index (κ2) is 4.30. The van der Waals surface area contributed by atoms with Crippen LogP contribution in [-0.2, 0) is 14.4 Å². The van der Waals surface area contributed by atoms with Crippen LogP contribution in [0.15, 0.2) is 11.6 Å². The van der Waals surface area contributed by atoms with Gasteiger partial charge in [0.05, 0.1) is 12.6 Å². The Kier molecular flexibility index (Phi) is 2.95. The van der Waals surface area contributed by atoms with Crippen molar-refractivity contribution in [2.45, 2.75) is 19.0 Å². The van der Waals surface area contributed by atoms with Crippen LogP contribution in [0.5, 0.6) is 0 Å². The number of amides is 3. The highest BCUT2D eigenvalue weighted by Crippen LogP contribution is 2.29. The van der Waals surface area contributed by atoms with Gasteiger partial charge in [-0.1, -0.05) is 6.08 Å². The molecule has 1 fully saturated rings. The van der Waals surface area contributed by atoms with Crippen molar-refractivity contribution < 1.29 is 24.3 Å². The predicted molar refractivity (Wildman–Crippen MR) is 58.1 cm³/mol. The van der Waals surface area contributed by atoms with Crippen molar-refractivity contribution >= 4 is 17.9 Å². The lowest BCUT2D eigenvalue weighted by Gasteiger charge is -2.25. The molecule has 18 heavy (non-hydrogen) atoms. The van der Waals surface area contributed by atoms with E-state index in [0.717, 1.165) is 10.6 Å². The van der Waals surface area contributed by atoms with Crippen LogP contribution in [0, 0.1) is 0 Å². The van der Waals surface area contributed by atoms with Crippen molar-refractivity contribution in [3.8, 4) is 0 Å². The van der Waals surface area contributed by atoms with Gasteiger partial charge in [0.2, 0.25) is 5.91 Å². The van der Waals surface area contributed by atoms with E-state index in [1.807, 2.05) is 0 Å². The summed E-state index contributed by atoms with van der Waals surface area (Å²) in [5.41, 5.74) is 5.97. The summed E-state index contributed by atoms with van der Waals surface area (Å²) in [5, 5.41) is 9.53. The molecular formula is C10H13N3O5. The highest BCUT2D eigenvalue weighted by atomic mass is 16.7. The van der Waals surface area contributed by atoms with E-state index in [4.69, 9.17) is 15.7 Å². The Bertz CT molecular complexity index is 447. The molecule has 8 heteroatoms. The van der Waals surface area contributed by atoms with E-state index in [9.17, 15) is 14.4 Å². The molecule has 2 heterocycles. The third kappa shape index (κ3) is 1.90. The van der Waals surface area contributed by atoms with Gasteiger partial charge in [-0.2, -0.15) is 5.06 Å². The molecule has 2 atom stereocenters. The number of hydrogen-bond acceptors (Lipinski definition) is 4. The van der Waals surface area contributed by atoms with Crippen LogP contribution >= 0.6 is 0 Å². The number of hydrogen-bond donors (Lipinski definition) is 2. The highest BCUT2D eigenvalue weighted by Gasteiger charge is 2.47. The van der Waals surface area contributed by atoms with Crippen molar-refractivity contribution in [1.82, 2.24) is 9.96 Å². The van der Waals surface area contributed by atoms with E-state index >= 15 is 0 Å². The zero-order chi connectivity index (χ0) is 13.4. The molecule has 2 bridgehead atoms. The summed E-state index contributed by atoms with van der Waals surface area (Å²) in [4.78, 5) is 39.8. The second-order valence-electron chi connectivity index (χ2n) is 4.20. The minimum atomic E-state index is -1.17. The molecule has 98 valence electrons. The van der Waals surface area contributed by atoms with Crippen molar-refractivity contribution in [1.29, 1.82) is 0 Å². The summed E-state index contributed by atoms with van der Waals surface area (Å²) in [6.45, 7) is 1.41. The third-order valence-electron chi connectivity index (χ3n) is 2.99. The molecule has 0 spiro atoms. The molecule has 2 aliphatic rings. The van der Waals surface area contributed by atoms with E-state index in [1.54, 1.807) is 13.0 Å². The van der Waals surface area contributed by atoms with E-state index in [1.165, 1.54) is 4.90 Å². The fourth-order valence-corrected chi connectivity index (χ4v) is 2.12. The SMILES string of the molecule is CC1=C[C@@H](C(N)=O)N2CC1N(OCC(=O)O)C2=O. The monoisotopic (exact) mass is 255 g/mol. The van der Waals surface area contributed by atoms with Gasteiger partial charge in [0, 0.05) is 0 Å². The number of fused-ring (bicyclic) bond motifs is 2. The number of nitrogens with two attached hydrogens (primary N) is 1. The molecular weight excluding hydrogens is 242 g/mol. The van der Waals surface area contributed by atoms with E-state index < -0.39 is 30.6 Å². The Morgan fingerprint density at radius 1 is 1.61 bits per heavy atom. The maximum Gasteiger partial charge on any atom is 0.345 e. The molecule has 2 aliphatic heterocycles. The normalized spacial score (nSPS) is 26.3. The summed E-state index contributed by atoms with van der Waals surface area (Å²) in [5.74, 6) is -1.80. The van der Waals surface area contributed by atoms with Gasteiger partial charge < -0.3 is 15.7 Å². The van der Waals surface area contributed by atoms with Gasteiger partial charge in [-0.15, -0.1) is 0 Å². The molecule has 1 unspecified atom stereocenters. The topological polar surface area (TPSA) is 113 Å². The zero-order valence-electron chi connectivity index (χ0n) is 9.70. The average molecular weight is 255 g/mol. The number of primary amides is 1. The molecule has 0 aromatic rings. The van der Waals surface area contributed by atoms with Crippen LogP contribution < -0.4 is 5.73 Å². The van der Waals surface area contributed by atoms with Crippen LogP contribution in [0.25, 0.3) is 0 Å². The first-order valence-electron chi connectivity index (χ1n) is 5.34. The summed E-state index contributed by atoms with van der Waals surface area (Å²) in [6, 6.07) is -1.71. The third-order valence-corrected chi connectivity index (χ3v) is 2.99. The number of aliphatic carboxylic acids is 1. The number of rotatable bonds is 4. The smallest absolute Gasteiger partial charge is 0.345 e. The number of carbonyl (C=O) groups excluding carboxylic acids is 2. The number of carboxylic acid groups (broad SMARTS) is 1. The fraction of sp³-hybridized carbons (Fsp3) is 0.500. The van der Waals surface area contributed by atoms with Gasteiger partial charge in [0.25, 0.3) is 0 Å². The van der Waals surface area contributed by atoms with Crippen molar-refractivity contribution in [2.75, 3.05) is 13.2 Å². The number of urea groups is 1. The molecule has 2 rings (SSSR count). The molecule has 8 nitrogen and oxygen atoms in total. The average Bonchev–Trinajstić information content (AvgIpc) is 2.56. The first kappa shape index (κ1) is 12.4. The highest BCUT2D eigenvalue weighted by molar-refractivity contribution is 5.90. The second-order valence-corrected chi connectivity index (χ2v) is 4.20. The van der Waals surface area contributed by atoms with Gasteiger partial charge in [-0.05, 0) is 12.5 Å². The number of nitrogens with zero attached hydrogens (tertiary/aromatic N) is 2. The van der Waals surface area contributed by atoms with Crippen LogP contribution in [0.1, 0.15) is 6.92 Å². The number of hydroxylamine groups is 2. The van der Waals surface area contributed by atoms with Gasteiger partial charge in [-0.3, -0.25) is 9.63 Å².